The molecule has 0 fully saturated rings. The van der Waals surface area contributed by atoms with Gasteiger partial charge in [-0.25, -0.2) is 0 Å². The van der Waals surface area contributed by atoms with E-state index in [1.54, 1.807) is 7.05 Å². The van der Waals surface area contributed by atoms with Crippen LogP contribution in [0.4, 0.5) is 0 Å². The highest BCUT2D eigenvalue weighted by Crippen LogP contribution is 2.24. The van der Waals surface area contributed by atoms with E-state index in [-0.39, 0.29) is 29.6 Å². The second-order valence-corrected chi connectivity index (χ2v) is 9.11. The van der Waals surface area contributed by atoms with E-state index in [9.17, 15) is 4.21 Å². The Morgan fingerprint density at radius 1 is 1.10 bits per heavy atom. The molecular formula is C22H32IN3O2S. The second-order valence-electron chi connectivity index (χ2n) is 7.54. The molecule has 2 N–H and O–H groups in total. The van der Waals surface area contributed by atoms with Crippen molar-refractivity contribution in [3.8, 4) is 5.75 Å². The van der Waals surface area contributed by atoms with Crippen LogP contribution in [0.5, 0.6) is 5.75 Å². The van der Waals surface area contributed by atoms with Crippen LogP contribution in [0.1, 0.15) is 31.9 Å². The molecule has 0 aliphatic rings. The number of benzene rings is 2. The van der Waals surface area contributed by atoms with Crippen molar-refractivity contribution in [2.45, 2.75) is 44.7 Å². The molecule has 0 aromatic heterocycles. The van der Waals surface area contributed by atoms with Gasteiger partial charge in [0.15, 0.2) is 5.96 Å². The lowest BCUT2D eigenvalue weighted by atomic mass is 10.1. The number of ether oxygens (including phenoxy) is 1. The van der Waals surface area contributed by atoms with Crippen LogP contribution in [-0.2, 0) is 17.3 Å². The molecule has 1 unspecified atom stereocenters. The topological polar surface area (TPSA) is 62.7 Å². The third kappa shape index (κ3) is 9.16. The predicted molar refractivity (Wildman–Crippen MR) is 133 cm³/mol. The maximum Gasteiger partial charge on any atom is 0.191 e. The third-order valence-corrected chi connectivity index (χ3v) is 5.27. The van der Waals surface area contributed by atoms with Gasteiger partial charge in [-0.05, 0) is 51.5 Å². The Kier molecular flexibility index (Phi) is 10.7. The minimum Gasteiger partial charge on any atom is -0.488 e. The van der Waals surface area contributed by atoms with Crippen LogP contribution in [0.25, 0.3) is 0 Å². The fourth-order valence-corrected chi connectivity index (χ4v) is 3.57. The molecular weight excluding hydrogens is 497 g/mol. The van der Waals surface area contributed by atoms with Crippen molar-refractivity contribution >= 4 is 40.7 Å². The van der Waals surface area contributed by atoms with E-state index in [4.69, 9.17) is 4.74 Å². The number of rotatable bonds is 7. The van der Waals surface area contributed by atoms with Gasteiger partial charge in [-0.3, -0.25) is 9.20 Å². The summed E-state index contributed by atoms with van der Waals surface area (Å²) in [6.07, 6.45) is 0. The van der Waals surface area contributed by atoms with Crippen LogP contribution in [0.3, 0.4) is 0 Å². The minimum atomic E-state index is -1.02. The zero-order chi connectivity index (χ0) is 20.6. The predicted octanol–water partition coefficient (Wildman–Crippen LogP) is 4.26. The lowest BCUT2D eigenvalue weighted by Gasteiger charge is -2.24. The second kappa shape index (κ2) is 12.2. The van der Waals surface area contributed by atoms with Crippen molar-refractivity contribution in [3.63, 3.8) is 0 Å². The molecule has 0 bridgehead atoms. The normalized spacial score (nSPS) is 12.7. The summed E-state index contributed by atoms with van der Waals surface area (Å²) < 4.78 is 18.4. The summed E-state index contributed by atoms with van der Waals surface area (Å²) in [4.78, 5) is 5.09. The Hall–Kier alpha value is -1.61. The average Bonchev–Trinajstić information content (AvgIpc) is 2.65. The Morgan fingerprint density at radius 3 is 2.41 bits per heavy atom. The summed E-state index contributed by atoms with van der Waals surface area (Å²) in [7, 11) is 0.703. The number of guanidine groups is 1. The van der Waals surface area contributed by atoms with E-state index in [0.717, 1.165) is 21.8 Å². The third-order valence-electron chi connectivity index (χ3n) is 3.89. The Balaban J connectivity index is 0.00000420. The largest absolute Gasteiger partial charge is 0.488 e. The molecule has 0 saturated carbocycles. The quantitative estimate of drug-likeness (QED) is 0.320. The Morgan fingerprint density at radius 2 is 1.79 bits per heavy atom. The molecule has 1 atom stereocenters. The van der Waals surface area contributed by atoms with Gasteiger partial charge in [-0.1, -0.05) is 30.3 Å². The first-order chi connectivity index (χ1) is 13.3. The van der Waals surface area contributed by atoms with Gasteiger partial charge in [-0.2, -0.15) is 0 Å². The van der Waals surface area contributed by atoms with Crippen LogP contribution < -0.4 is 15.4 Å². The molecule has 2 aromatic carbocycles. The first-order valence-electron chi connectivity index (χ1n) is 9.45. The first-order valence-corrected chi connectivity index (χ1v) is 10.8. The van der Waals surface area contributed by atoms with Gasteiger partial charge in [0.05, 0.1) is 10.8 Å². The van der Waals surface area contributed by atoms with Crippen LogP contribution in [-0.4, -0.2) is 35.1 Å². The van der Waals surface area contributed by atoms with E-state index in [0.29, 0.717) is 24.8 Å². The van der Waals surface area contributed by atoms with Gasteiger partial charge in [0.1, 0.15) is 11.4 Å². The van der Waals surface area contributed by atoms with E-state index in [2.05, 4.69) is 40.7 Å². The molecule has 2 aromatic rings. The fraction of sp³-hybridized carbons (Fsp3) is 0.409. The molecule has 0 saturated heterocycles. The summed E-state index contributed by atoms with van der Waals surface area (Å²) >= 11 is 0. The molecule has 160 valence electrons. The summed E-state index contributed by atoms with van der Waals surface area (Å²) in [6, 6.07) is 15.7. The minimum absolute atomic E-state index is 0. The lowest BCUT2D eigenvalue weighted by Crippen LogP contribution is -2.38. The molecule has 0 heterocycles. The maximum absolute atomic E-state index is 12.3. The molecule has 2 rings (SSSR count). The van der Waals surface area contributed by atoms with Crippen LogP contribution in [0.2, 0.25) is 0 Å². The van der Waals surface area contributed by atoms with Gasteiger partial charge >= 0.3 is 0 Å². The van der Waals surface area contributed by atoms with Gasteiger partial charge in [0.25, 0.3) is 0 Å². The van der Waals surface area contributed by atoms with Gasteiger partial charge < -0.3 is 15.4 Å². The monoisotopic (exact) mass is 529 g/mol. The average molecular weight is 529 g/mol. The zero-order valence-electron chi connectivity index (χ0n) is 17.8. The van der Waals surface area contributed by atoms with Crippen molar-refractivity contribution < 1.29 is 8.95 Å². The van der Waals surface area contributed by atoms with Crippen LogP contribution in [0.15, 0.2) is 58.4 Å². The van der Waals surface area contributed by atoms with Crippen molar-refractivity contribution in [2.24, 2.45) is 4.99 Å². The Bertz CT molecular complexity index is 821. The lowest BCUT2D eigenvalue weighted by molar-refractivity contribution is 0.129. The standard InChI is InChI=1S/C22H31N3O2S.HI/c1-17-11-12-18(20(15-17)27-22(2,3)4)16-25-21(23-5)24-13-14-28(26)19-9-7-6-8-10-19;/h6-12,15H,13-14,16H2,1-5H3,(H2,23,24,25);1H. The van der Waals surface area contributed by atoms with E-state index in [1.807, 2.05) is 51.1 Å². The van der Waals surface area contributed by atoms with Crippen molar-refractivity contribution in [2.75, 3.05) is 19.3 Å². The maximum atomic E-state index is 12.3. The summed E-state index contributed by atoms with van der Waals surface area (Å²) in [5.74, 6) is 2.07. The van der Waals surface area contributed by atoms with E-state index < -0.39 is 10.8 Å². The molecule has 0 aliphatic heterocycles. The van der Waals surface area contributed by atoms with Crippen molar-refractivity contribution in [1.82, 2.24) is 10.6 Å². The van der Waals surface area contributed by atoms with Crippen LogP contribution >= 0.6 is 24.0 Å². The zero-order valence-corrected chi connectivity index (χ0v) is 21.0. The van der Waals surface area contributed by atoms with Crippen molar-refractivity contribution in [3.05, 3.63) is 59.7 Å². The highest BCUT2D eigenvalue weighted by Gasteiger charge is 2.15. The molecule has 7 heteroatoms. The number of aryl methyl sites for hydroxylation is 1. The number of nitrogens with zero attached hydrogens (tertiary/aromatic N) is 1. The number of hydrogen-bond donors (Lipinski definition) is 2. The van der Waals surface area contributed by atoms with E-state index in [1.165, 1.54) is 0 Å². The summed E-state index contributed by atoms with van der Waals surface area (Å²) in [5.41, 5.74) is 1.97. The van der Waals surface area contributed by atoms with Crippen molar-refractivity contribution in [1.29, 1.82) is 0 Å². The number of halogens is 1. The highest BCUT2D eigenvalue weighted by molar-refractivity contribution is 14.0. The smallest absolute Gasteiger partial charge is 0.191 e. The van der Waals surface area contributed by atoms with Gasteiger partial charge in [0, 0.05) is 36.3 Å². The summed E-state index contributed by atoms with van der Waals surface area (Å²) in [5, 5.41) is 6.53. The molecule has 0 spiro atoms. The van der Waals surface area contributed by atoms with Gasteiger partial charge in [-0.15, -0.1) is 24.0 Å². The molecule has 0 radical (unpaired) electrons. The summed E-state index contributed by atoms with van der Waals surface area (Å²) in [6.45, 7) is 9.34. The van der Waals surface area contributed by atoms with E-state index >= 15 is 0 Å². The first kappa shape index (κ1) is 25.4. The SMILES string of the molecule is CN=C(NCCS(=O)c1ccccc1)NCc1ccc(C)cc1OC(C)(C)C.I. The molecule has 5 nitrogen and oxygen atoms in total. The number of aliphatic imine (C=N–C) groups is 1. The fourth-order valence-electron chi connectivity index (χ4n) is 2.58. The molecule has 0 amide bonds. The molecule has 29 heavy (non-hydrogen) atoms. The molecule has 0 aliphatic carbocycles. The van der Waals surface area contributed by atoms with Crippen LogP contribution in [0, 0.1) is 6.92 Å². The Labute approximate surface area is 194 Å². The number of nitrogens with one attached hydrogen (secondary N) is 2. The number of hydrogen-bond acceptors (Lipinski definition) is 3. The van der Waals surface area contributed by atoms with Gasteiger partial charge in [0.2, 0.25) is 0 Å². The highest BCUT2D eigenvalue weighted by atomic mass is 127.